The number of fused-ring (bicyclic) bond motifs is 1. The number of hydrogen-bond donors (Lipinski definition) is 1. The van der Waals surface area contributed by atoms with E-state index in [-0.39, 0.29) is 17.9 Å². The Bertz CT molecular complexity index is 1010. The summed E-state index contributed by atoms with van der Waals surface area (Å²) < 4.78 is 11.3. The molecule has 0 saturated carbocycles. The van der Waals surface area contributed by atoms with Crippen LogP contribution in [0.5, 0.6) is 0 Å². The van der Waals surface area contributed by atoms with E-state index < -0.39 is 17.4 Å². The first-order valence-corrected chi connectivity index (χ1v) is 9.37. The lowest BCUT2D eigenvalue weighted by Crippen LogP contribution is -2.41. The number of nitrogens with zero attached hydrogens (tertiary/aromatic N) is 2. The Labute approximate surface area is 162 Å². The minimum Gasteiger partial charge on any atom is -0.360 e. The van der Waals surface area contributed by atoms with E-state index in [1.165, 1.54) is 0 Å². The van der Waals surface area contributed by atoms with Crippen LogP contribution in [-0.2, 0) is 14.3 Å². The molecule has 0 unspecified atom stereocenters. The van der Waals surface area contributed by atoms with Crippen LogP contribution in [0.4, 0.5) is 11.5 Å². The molecule has 2 bridgehead atoms. The van der Waals surface area contributed by atoms with Crippen molar-refractivity contribution >= 4 is 23.3 Å². The second-order valence-electron chi connectivity index (χ2n) is 7.99. The van der Waals surface area contributed by atoms with Crippen LogP contribution in [0.25, 0.3) is 0 Å². The van der Waals surface area contributed by atoms with Gasteiger partial charge in [0.1, 0.15) is 11.4 Å². The minimum absolute atomic E-state index is 0.152. The molecule has 1 N–H and O–H groups in total. The maximum atomic E-state index is 13.2. The van der Waals surface area contributed by atoms with Gasteiger partial charge in [0.15, 0.2) is 5.82 Å². The van der Waals surface area contributed by atoms with Crippen LogP contribution in [0, 0.1) is 32.6 Å². The first-order chi connectivity index (χ1) is 13.4. The maximum absolute atomic E-state index is 13.2. The van der Waals surface area contributed by atoms with Gasteiger partial charge in [0.2, 0.25) is 11.8 Å². The molecule has 2 saturated heterocycles. The normalized spacial score (nSPS) is 30.2. The predicted octanol–water partition coefficient (Wildman–Crippen LogP) is 2.52. The van der Waals surface area contributed by atoms with Gasteiger partial charge >= 0.3 is 0 Å². The molecule has 0 radical (unpaired) electrons. The van der Waals surface area contributed by atoms with Gasteiger partial charge in [0, 0.05) is 11.8 Å². The molecule has 2 aromatic rings. The summed E-state index contributed by atoms with van der Waals surface area (Å²) in [4.78, 5) is 27.9. The lowest BCUT2D eigenvalue weighted by molar-refractivity contribution is -0.128. The van der Waals surface area contributed by atoms with Crippen molar-refractivity contribution in [2.75, 3.05) is 16.8 Å². The van der Waals surface area contributed by atoms with Crippen molar-refractivity contribution in [3.63, 3.8) is 0 Å². The summed E-state index contributed by atoms with van der Waals surface area (Å²) in [6.45, 7) is 6.08. The van der Waals surface area contributed by atoms with Crippen LogP contribution >= 0.6 is 0 Å². The van der Waals surface area contributed by atoms with E-state index in [0.717, 1.165) is 16.8 Å². The van der Waals surface area contributed by atoms with Gasteiger partial charge in [0.25, 0.3) is 0 Å². The number of carbonyl (C=O) groups is 2. The van der Waals surface area contributed by atoms with Crippen LogP contribution in [-0.4, -0.2) is 35.2 Å². The molecule has 4 heterocycles. The third kappa shape index (κ3) is 2.43. The topological polar surface area (TPSA) is 84.7 Å². The zero-order valence-corrected chi connectivity index (χ0v) is 15.9. The molecule has 7 heteroatoms. The van der Waals surface area contributed by atoms with Crippen LogP contribution in [0.2, 0.25) is 0 Å². The summed E-state index contributed by atoms with van der Waals surface area (Å²) in [6, 6.07) is 7.61. The van der Waals surface area contributed by atoms with E-state index in [1.54, 1.807) is 17.9 Å². The summed E-state index contributed by atoms with van der Waals surface area (Å²) in [7, 11) is 0. The standard InChI is InChI=1S/C21H21N3O4/c1-11-6-12(2)8-14(7-11)22-19(25)17-15-4-5-21(27-15)10-24(20(26)18(17)21)16-9-13(3)28-23-16/h4-9,15,17-18H,10H2,1-3H3,(H,22,25)/t15-,17-,18+,21+/m1/s1. The number of hydrogen-bond acceptors (Lipinski definition) is 5. The molecule has 7 nitrogen and oxygen atoms in total. The average molecular weight is 379 g/mol. The van der Waals surface area contributed by atoms with Crippen molar-refractivity contribution in [2.45, 2.75) is 32.5 Å². The van der Waals surface area contributed by atoms with Crippen LogP contribution in [0.15, 0.2) is 40.9 Å². The highest BCUT2D eigenvalue weighted by molar-refractivity contribution is 6.05. The molecule has 1 aromatic carbocycles. The zero-order valence-electron chi connectivity index (χ0n) is 15.9. The van der Waals surface area contributed by atoms with E-state index in [9.17, 15) is 9.59 Å². The largest absolute Gasteiger partial charge is 0.360 e. The second-order valence-corrected chi connectivity index (χ2v) is 7.99. The zero-order chi connectivity index (χ0) is 19.6. The lowest BCUT2D eigenvalue weighted by Gasteiger charge is -2.23. The van der Waals surface area contributed by atoms with Crippen molar-refractivity contribution in [2.24, 2.45) is 11.8 Å². The fourth-order valence-corrected chi connectivity index (χ4v) is 4.74. The number of aromatic nitrogens is 1. The number of amides is 2. The van der Waals surface area contributed by atoms with Crippen molar-refractivity contribution in [3.05, 3.63) is 53.3 Å². The number of ether oxygens (including phenoxy) is 1. The highest BCUT2D eigenvalue weighted by Crippen LogP contribution is 2.52. The molecular weight excluding hydrogens is 358 g/mol. The molecule has 2 amide bonds. The van der Waals surface area contributed by atoms with Gasteiger partial charge in [-0.15, -0.1) is 0 Å². The molecule has 2 fully saturated rings. The van der Waals surface area contributed by atoms with Crippen LogP contribution in [0.3, 0.4) is 0 Å². The van der Waals surface area contributed by atoms with Crippen molar-refractivity contribution in [1.29, 1.82) is 0 Å². The highest BCUT2D eigenvalue weighted by atomic mass is 16.5. The summed E-state index contributed by atoms with van der Waals surface area (Å²) >= 11 is 0. The minimum atomic E-state index is -0.779. The van der Waals surface area contributed by atoms with E-state index in [4.69, 9.17) is 9.26 Å². The summed E-state index contributed by atoms with van der Waals surface area (Å²) in [5, 5.41) is 6.94. The predicted molar refractivity (Wildman–Crippen MR) is 102 cm³/mol. The van der Waals surface area contributed by atoms with Crippen molar-refractivity contribution in [3.8, 4) is 0 Å². The summed E-state index contributed by atoms with van der Waals surface area (Å²) in [6.07, 6.45) is 3.43. The summed E-state index contributed by atoms with van der Waals surface area (Å²) in [5.74, 6) is -0.400. The molecule has 1 aromatic heterocycles. The second kappa shape index (κ2) is 5.78. The van der Waals surface area contributed by atoms with Gasteiger partial charge in [-0.2, -0.15) is 0 Å². The molecule has 3 aliphatic heterocycles. The van der Waals surface area contributed by atoms with Gasteiger partial charge in [-0.1, -0.05) is 23.4 Å². The number of carbonyl (C=O) groups excluding carboxylic acids is 2. The maximum Gasteiger partial charge on any atom is 0.235 e. The third-order valence-electron chi connectivity index (χ3n) is 5.78. The molecular formula is C21H21N3O4. The van der Waals surface area contributed by atoms with E-state index in [0.29, 0.717) is 18.1 Å². The number of aryl methyl sites for hydroxylation is 3. The third-order valence-corrected chi connectivity index (χ3v) is 5.78. The van der Waals surface area contributed by atoms with E-state index in [2.05, 4.69) is 10.5 Å². The van der Waals surface area contributed by atoms with Crippen LogP contribution in [0.1, 0.15) is 16.9 Å². The van der Waals surface area contributed by atoms with E-state index >= 15 is 0 Å². The Morgan fingerprint density at radius 2 is 1.96 bits per heavy atom. The number of nitrogens with one attached hydrogen (secondary N) is 1. The Hall–Kier alpha value is -2.93. The molecule has 28 heavy (non-hydrogen) atoms. The molecule has 0 aliphatic carbocycles. The number of anilines is 2. The van der Waals surface area contributed by atoms with Crippen LogP contribution < -0.4 is 10.2 Å². The lowest BCUT2D eigenvalue weighted by atomic mass is 9.76. The van der Waals surface area contributed by atoms with Gasteiger partial charge in [-0.25, -0.2) is 0 Å². The molecule has 1 spiro atoms. The first-order valence-electron chi connectivity index (χ1n) is 9.37. The number of rotatable bonds is 3. The summed E-state index contributed by atoms with van der Waals surface area (Å²) in [5.41, 5.74) is 2.09. The Morgan fingerprint density at radius 3 is 2.64 bits per heavy atom. The number of benzene rings is 1. The smallest absolute Gasteiger partial charge is 0.235 e. The van der Waals surface area contributed by atoms with Gasteiger partial charge < -0.3 is 14.6 Å². The average Bonchev–Trinajstić information content (AvgIpc) is 3.35. The fraction of sp³-hybridized carbons (Fsp3) is 0.381. The van der Waals surface area contributed by atoms with E-state index in [1.807, 2.05) is 44.2 Å². The Morgan fingerprint density at radius 1 is 1.21 bits per heavy atom. The highest BCUT2D eigenvalue weighted by Gasteiger charge is 2.67. The van der Waals surface area contributed by atoms with Gasteiger partial charge in [-0.05, 0) is 44.0 Å². The Balaban J connectivity index is 1.44. The molecule has 5 rings (SSSR count). The Kier molecular flexibility index (Phi) is 3.55. The molecule has 144 valence electrons. The SMILES string of the molecule is Cc1cc(C)cc(NC(=O)[C@H]2[C@H]3C(=O)N(c4cc(C)on4)C[C@@]34C=C[C@H]2O4)c1. The van der Waals surface area contributed by atoms with Crippen molar-refractivity contribution in [1.82, 2.24) is 5.16 Å². The molecule has 3 aliphatic rings. The van der Waals surface area contributed by atoms with Gasteiger partial charge in [-0.3, -0.25) is 14.5 Å². The van der Waals surface area contributed by atoms with Gasteiger partial charge in [0.05, 0.1) is 24.5 Å². The monoisotopic (exact) mass is 379 g/mol. The first kappa shape index (κ1) is 17.2. The molecule has 4 atom stereocenters. The fourth-order valence-electron chi connectivity index (χ4n) is 4.74. The quantitative estimate of drug-likeness (QED) is 0.829. The van der Waals surface area contributed by atoms with Crippen molar-refractivity contribution < 1.29 is 18.8 Å².